The first-order valence-corrected chi connectivity index (χ1v) is 3.23. The number of carbonyl (C=O) groups excluding carboxylic acids is 2. The van der Waals surface area contributed by atoms with Crippen molar-refractivity contribution in [3.05, 3.63) is 0 Å². The lowest BCUT2D eigenvalue weighted by Crippen LogP contribution is -2.44. The minimum atomic E-state index is -0.767. The van der Waals surface area contributed by atoms with E-state index in [-0.39, 0.29) is 5.75 Å². The van der Waals surface area contributed by atoms with Gasteiger partial charge in [0.1, 0.15) is 6.04 Å². The molecule has 0 aromatic rings. The van der Waals surface area contributed by atoms with Crippen LogP contribution in [0.25, 0.3) is 0 Å². The molecule has 0 heterocycles. The Morgan fingerprint density at radius 2 is 2.50 bits per heavy atom. The molecule has 4 nitrogen and oxygen atoms in total. The topological polar surface area (TPSA) is 72.2 Å². The summed E-state index contributed by atoms with van der Waals surface area (Å²) in [5.41, 5.74) is 4.89. The maximum Gasteiger partial charge on any atom is 0.240 e. The van der Waals surface area contributed by atoms with Crippen molar-refractivity contribution in [3.63, 3.8) is 0 Å². The highest BCUT2D eigenvalue weighted by atomic mass is 32.1. The first-order valence-electron chi connectivity index (χ1n) is 3.31. The minimum Gasteiger partial charge on any atom is -0.368 e. The van der Waals surface area contributed by atoms with Crippen LogP contribution in [0.2, 0.25) is 0 Å². The summed E-state index contributed by atoms with van der Waals surface area (Å²) in [6.07, 6.45) is 0. The van der Waals surface area contributed by atoms with Gasteiger partial charge in [-0.25, -0.2) is 0 Å². The number of hydrogen-bond donors (Lipinski definition) is 3. The Hall–Kier alpha value is -0.710. The van der Waals surface area contributed by atoms with Gasteiger partial charge in [-0.3, -0.25) is 9.59 Å². The Bertz CT molecular complexity index is 165. The molecule has 0 aliphatic rings. The van der Waals surface area contributed by atoms with E-state index >= 15 is 0 Å². The largest absolute Gasteiger partial charge is 0.368 e. The summed E-state index contributed by atoms with van der Waals surface area (Å²) in [4.78, 5) is 21.0. The van der Waals surface area contributed by atoms with Crippen molar-refractivity contribution in [1.29, 1.82) is 0 Å². The number of primary amides is 1. The molecular formula is C5H10N2O2S. The number of carbonyl (C=O) groups is 2. The van der Waals surface area contributed by atoms with Crippen molar-refractivity contribution in [2.45, 2.75) is 12.9 Å². The highest BCUT2D eigenvalue weighted by molar-refractivity contribution is 7.80. The second kappa shape index (κ2) is 4.16. The molecule has 5 heteroatoms. The van der Waals surface area contributed by atoms with Crippen LogP contribution in [0, 0.1) is 0 Å². The Balaban J connectivity index is 3.88. The van der Waals surface area contributed by atoms with E-state index in [4.69, 9.17) is 7.10 Å². The first-order chi connectivity index (χ1) is 5.11. The summed E-state index contributed by atoms with van der Waals surface area (Å²) >= 11 is 3.79. The van der Waals surface area contributed by atoms with E-state index in [0.717, 1.165) is 0 Å². The van der Waals surface area contributed by atoms with E-state index in [0.29, 0.717) is 0 Å². The molecule has 3 N–H and O–H groups in total. The lowest BCUT2D eigenvalue weighted by atomic mass is 10.3. The standard InChI is InChI=1S/C5H10N2O2S/c1-3(8)7-4(2-10)5(6)9/h4,10H,2H2,1H3,(H2,6,9)(H,7,8)/t4-/m0/s1/i1D. The van der Waals surface area contributed by atoms with Crippen molar-refractivity contribution in [2.24, 2.45) is 5.73 Å². The third-order valence-electron chi connectivity index (χ3n) is 0.861. The molecule has 0 spiro atoms. The molecule has 0 rings (SSSR count). The number of amides is 2. The van der Waals surface area contributed by atoms with Gasteiger partial charge in [0.15, 0.2) is 0 Å². The fraction of sp³-hybridized carbons (Fsp3) is 0.600. The van der Waals surface area contributed by atoms with Crippen molar-refractivity contribution in [1.82, 2.24) is 5.32 Å². The Morgan fingerprint density at radius 3 is 2.80 bits per heavy atom. The van der Waals surface area contributed by atoms with Crippen LogP contribution < -0.4 is 11.1 Å². The Morgan fingerprint density at radius 1 is 1.90 bits per heavy atom. The van der Waals surface area contributed by atoms with Crippen LogP contribution in [0.5, 0.6) is 0 Å². The maximum atomic E-state index is 10.5. The molecule has 0 aromatic carbocycles. The molecule has 0 bridgehead atoms. The number of thiol groups is 1. The van der Waals surface area contributed by atoms with Crippen LogP contribution in [0.4, 0.5) is 0 Å². The summed E-state index contributed by atoms with van der Waals surface area (Å²) < 4.78 is 6.63. The van der Waals surface area contributed by atoms with Gasteiger partial charge in [0.2, 0.25) is 11.8 Å². The molecular weight excluding hydrogens is 152 g/mol. The second-order valence-electron chi connectivity index (χ2n) is 1.71. The molecule has 10 heavy (non-hydrogen) atoms. The molecule has 1 atom stereocenters. The van der Waals surface area contributed by atoms with Gasteiger partial charge in [-0.15, -0.1) is 0 Å². The molecule has 0 aliphatic heterocycles. The summed E-state index contributed by atoms with van der Waals surface area (Å²) in [7, 11) is 0. The third kappa shape index (κ3) is 3.34. The van der Waals surface area contributed by atoms with E-state index in [9.17, 15) is 9.59 Å². The van der Waals surface area contributed by atoms with Gasteiger partial charge < -0.3 is 11.1 Å². The van der Waals surface area contributed by atoms with E-state index in [1.165, 1.54) is 0 Å². The molecule has 0 saturated carbocycles. The van der Waals surface area contributed by atoms with Crippen molar-refractivity contribution in [2.75, 3.05) is 5.75 Å². The maximum absolute atomic E-state index is 10.5. The monoisotopic (exact) mass is 163 g/mol. The van der Waals surface area contributed by atoms with Crippen LogP contribution in [0.1, 0.15) is 8.27 Å². The first kappa shape index (κ1) is 7.40. The van der Waals surface area contributed by atoms with Crippen LogP contribution in [0.15, 0.2) is 0 Å². The normalized spacial score (nSPS) is 13.5. The van der Waals surface area contributed by atoms with Crippen LogP contribution >= 0.6 is 12.6 Å². The Labute approximate surface area is 66.0 Å². The molecule has 0 aromatic heterocycles. The molecule has 0 radical (unpaired) electrons. The smallest absolute Gasteiger partial charge is 0.240 e. The highest BCUT2D eigenvalue weighted by Gasteiger charge is 2.12. The molecule has 0 unspecified atom stereocenters. The van der Waals surface area contributed by atoms with Gasteiger partial charge in [-0.1, -0.05) is 0 Å². The highest BCUT2D eigenvalue weighted by Crippen LogP contribution is 1.85. The molecule has 2 amide bonds. The van der Waals surface area contributed by atoms with Gasteiger partial charge >= 0.3 is 0 Å². The van der Waals surface area contributed by atoms with Gasteiger partial charge in [0.25, 0.3) is 0 Å². The van der Waals surface area contributed by atoms with E-state index in [1.807, 2.05) is 0 Å². The second-order valence-corrected chi connectivity index (χ2v) is 2.07. The SMILES string of the molecule is [2H]CC(=O)N[C@@H](CS)C(N)=O. The molecule has 0 fully saturated rings. The van der Waals surface area contributed by atoms with E-state index in [1.54, 1.807) is 0 Å². The lowest BCUT2D eigenvalue weighted by Gasteiger charge is -2.09. The Kier molecular flexibility index (Phi) is 3.08. The summed E-state index contributed by atoms with van der Waals surface area (Å²) in [5.74, 6) is -1.01. The van der Waals surface area contributed by atoms with Crippen LogP contribution in [0.3, 0.4) is 0 Å². The minimum absolute atomic E-state index is 0.154. The third-order valence-corrected chi connectivity index (χ3v) is 1.23. The predicted octanol–water partition coefficient (Wildman–Crippen LogP) is -1.09. The predicted molar refractivity (Wildman–Crippen MR) is 40.7 cm³/mol. The van der Waals surface area contributed by atoms with Crippen molar-refractivity contribution in [3.8, 4) is 0 Å². The number of nitrogens with one attached hydrogen (secondary N) is 1. The quantitative estimate of drug-likeness (QED) is 0.462. The fourth-order valence-electron chi connectivity index (χ4n) is 0.401. The van der Waals surface area contributed by atoms with Gasteiger partial charge in [0, 0.05) is 14.0 Å². The van der Waals surface area contributed by atoms with Crippen LogP contribution in [-0.4, -0.2) is 23.6 Å². The van der Waals surface area contributed by atoms with E-state index < -0.39 is 24.8 Å². The van der Waals surface area contributed by atoms with Crippen molar-refractivity contribution < 1.29 is 11.0 Å². The van der Waals surface area contributed by atoms with Gasteiger partial charge in [0.05, 0.1) is 0 Å². The molecule has 58 valence electrons. The zero-order chi connectivity index (χ0) is 8.85. The number of nitrogens with two attached hydrogens (primary N) is 1. The number of rotatable bonds is 3. The molecule has 0 aliphatic carbocycles. The van der Waals surface area contributed by atoms with Crippen molar-refractivity contribution >= 4 is 24.4 Å². The lowest BCUT2D eigenvalue weighted by molar-refractivity contribution is -0.125. The fourth-order valence-corrected chi connectivity index (χ4v) is 0.672. The van der Waals surface area contributed by atoms with E-state index in [2.05, 4.69) is 17.9 Å². The zero-order valence-electron chi connectivity index (χ0n) is 6.33. The average Bonchev–Trinajstić information content (AvgIpc) is 1.99. The summed E-state index contributed by atoms with van der Waals surface area (Å²) in [5, 5.41) is 2.24. The van der Waals surface area contributed by atoms with Crippen LogP contribution in [-0.2, 0) is 9.59 Å². The number of hydrogen-bond acceptors (Lipinski definition) is 3. The summed E-state index contributed by atoms with van der Waals surface area (Å²) in [6.45, 7) is -0.405. The average molecular weight is 163 g/mol. The van der Waals surface area contributed by atoms with Gasteiger partial charge in [-0.05, 0) is 0 Å². The zero-order valence-corrected chi connectivity index (χ0v) is 6.23. The van der Waals surface area contributed by atoms with Gasteiger partial charge in [-0.2, -0.15) is 12.6 Å². The molecule has 0 saturated heterocycles. The summed E-state index contributed by atoms with van der Waals surface area (Å²) in [6, 6.07) is -0.767.